The molecule has 5 N–H and O–H groups in total. The van der Waals surface area contributed by atoms with Crippen molar-refractivity contribution in [1.29, 1.82) is 0 Å². The van der Waals surface area contributed by atoms with Crippen LogP contribution in [0.4, 0.5) is 0 Å². The highest BCUT2D eigenvalue weighted by Gasteiger charge is 2.09. The molecule has 1 heterocycles. The topological polar surface area (TPSA) is 67.3 Å². The van der Waals surface area contributed by atoms with Gasteiger partial charge in [-0.3, -0.25) is 0 Å². The van der Waals surface area contributed by atoms with Crippen molar-refractivity contribution in [2.45, 2.75) is 0 Å². The summed E-state index contributed by atoms with van der Waals surface area (Å²) in [4.78, 5) is 2.07. The van der Waals surface area contributed by atoms with E-state index in [0.717, 1.165) is 26.2 Å². The lowest BCUT2D eigenvalue weighted by molar-refractivity contribution is 0.296. The molecule has 13 heavy (non-hydrogen) atoms. The van der Waals surface area contributed by atoms with E-state index in [1.54, 1.807) is 6.08 Å². The van der Waals surface area contributed by atoms with Gasteiger partial charge in [0.15, 0.2) is 0 Å². The molecule has 74 valence electrons. The van der Waals surface area contributed by atoms with Crippen molar-refractivity contribution in [3.63, 3.8) is 0 Å². The second kappa shape index (κ2) is 4.99. The molecule has 4 nitrogen and oxygen atoms in total. The molecule has 1 saturated heterocycles. The predicted octanol–water partition coefficient (Wildman–Crippen LogP) is -0.269. The quantitative estimate of drug-likeness (QED) is 0.540. The minimum Gasteiger partial charge on any atom is -0.403 e. The predicted molar refractivity (Wildman–Crippen MR) is 54.8 cm³/mol. The first-order valence-corrected chi connectivity index (χ1v) is 4.62. The second-order valence-corrected chi connectivity index (χ2v) is 3.29. The average molecular weight is 203 g/mol. The fourth-order valence-electron chi connectivity index (χ4n) is 1.20. The van der Waals surface area contributed by atoms with E-state index in [1.807, 2.05) is 0 Å². The van der Waals surface area contributed by atoms with Gasteiger partial charge in [0, 0.05) is 32.4 Å². The van der Waals surface area contributed by atoms with Crippen LogP contribution in [0.5, 0.6) is 0 Å². The van der Waals surface area contributed by atoms with E-state index in [9.17, 15) is 0 Å². The summed E-state index contributed by atoms with van der Waals surface area (Å²) in [7, 11) is 0. The molecule has 0 aromatic rings. The van der Waals surface area contributed by atoms with Crippen LogP contribution in [-0.4, -0.2) is 31.1 Å². The van der Waals surface area contributed by atoms with Gasteiger partial charge in [-0.25, -0.2) is 0 Å². The lowest BCUT2D eigenvalue weighted by Crippen LogP contribution is -2.44. The summed E-state index contributed by atoms with van der Waals surface area (Å²) in [5, 5.41) is 3.71. The summed E-state index contributed by atoms with van der Waals surface area (Å²) in [5.74, 6) is 0.674. The Morgan fingerprint density at radius 1 is 1.38 bits per heavy atom. The van der Waals surface area contributed by atoms with Crippen molar-refractivity contribution in [1.82, 2.24) is 10.2 Å². The molecule has 1 rings (SSSR count). The van der Waals surface area contributed by atoms with E-state index >= 15 is 0 Å². The van der Waals surface area contributed by atoms with E-state index in [1.165, 1.54) is 6.20 Å². The second-order valence-electron chi connectivity index (χ2n) is 2.86. The van der Waals surface area contributed by atoms with Crippen molar-refractivity contribution < 1.29 is 0 Å². The molecular weight excluding hydrogens is 188 g/mol. The third kappa shape index (κ3) is 3.16. The summed E-state index contributed by atoms with van der Waals surface area (Å²) in [5.41, 5.74) is 11.0. The lowest BCUT2D eigenvalue weighted by atomic mass is 10.3. The lowest BCUT2D eigenvalue weighted by Gasteiger charge is -2.29. The minimum atomic E-state index is 0.469. The molecule has 5 heteroatoms. The van der Waals surface area contributed by atoms with Crippen LogP contribution in [0.15, 0.2) is 23.1 Å². The number of rotatable bonds is 2. The van der Waals surface area contributed by atoms with Crippen molar-refractivity contribution in [3.05, 3.63) is 23.1 Å². The Balaban J connectivity index is 2.54. The highest BCUT2D eigenvalue weighted by atomic mass is 35.5. The van der Waals surface area contributed by atoms with Gasteiger partial charge >= 0.3 is 0 Å². The zero-order valence-corrected chi connectivity index (χ0v) is 8.22. The summed E-state index contributed by atoms with van der Waals surface area (Å²) in [6.07, 6.45) is 3.00. The fourth-order valence-corrected chi connectivity index (χ4v) is 1.32. The van der Waals surface area contributed by atoms with Crippen LogP contribution in [0.3, 0.4) is 0 Å². The zero-order valence-electron chi connectivity index (χ0n) is 7.46. The molecule has 1 aliphatic heterocycles. The third-order valence-corrected chi connectivity index (χ3v) is 2.16. The molecule has 0 aromatic heterocycles. The average Bonchev–Trinajstić information content (AvgIpc) is 2.19. The van der Waals surface area contributed by atoms with Gasteiger partial charge in [-0.2, -0.15) is 0 Å². The summed E-state index contributed by atoms with van der Waals surface area (Å²) < 4.78 is 0. The molecule has 1 fully saturated rings. The maximum Gasteiger partial charge on any atom is 0.100 e. The van der Waals surface area contributed by atoms with Gasteiger partial charge in [-0.15, -0.1) is 0 Å². The van der Waals surface area contributed by atoms with Gasteiger partial charge in [0.05, 0.1) is 5.03 Å². The summed E-state index contributed by atoms with van der Waals surface area (Å²) in [6, 6.07) is 0. The number of halogens is 1. The summed E-state index contributed by atoms with van der Waals surface area (Å²) in [6.45, 7) is 3.74. The van der Waals surface area contributed by atoms with Crippen molar-refractivity contribution in [2.24, 2.45) is 11.5 Å². The SMILES string of the molecule is N/C=C(Cl)\C=C(/N)N1CCNCC1. The van der Waals surface area contributed by atoms with Crippen LogP contribution in [0.25, 0.3) is 0 Å². The molecule has 0 radical (unpaired) electrons. The molecule has 0 aromatic carbocycles. The van der Waals surface area contributed by atoms with Gasteiger partial charge in [-0.1, -0.05) is 11.6 Å². The third-order valence-electron chi connectivity index (χ3n) is 1.93. The first-order valence-electron chi connectivity index (χ1n) is 4.24. The van der Waals surface area contributed by atoms with Crippen LogP contribution in [0.2, 0.25) is 0 Å². The van der Waals surface area contributed by atoms with Crippen LogP contribution < -0.4 is 16.8 Å². The zero-order chi connectivity index (χ0) is 9.68. The number of nitrogens with two attached hydrogens (primary N) is 2. The van der Waals surface area contributed by atoms with Gasteiger partial charge < -0.3 is 21.7 Å². The number of hydrogen-bond donors (Lipinski definition) is 3. The van der Waals surface area contributed by atoms with Crippen LogP contribution in [0.1, 0.15) is 0 Å². The molecule has 1 aliphatic rings. The number of allylic oxidation sites excluding steroid dienone is 2. The Morgan fingerprint density at radius 2 is 2.00 bits per heavy atom. The number of nitrogens with one attached hydrogen (secondary N) is 1. The first kappa shape index (κ1) is 10.2. The highest BCUT2D eigenvalue weighted by Crippen LogP contribution is 2.06. The van der Waals surface area contributed by atoms with Crippen LogP contribution >= 0.6 is 11.6 Å². The highest BCUT2D eigenvalue weighted by molar-refractivity contribution is 6.31. The molecule has 0 bridgehead atoms. The molecule has 0 unspecified atom stereocenters. The standard InChI is InChI=1S/C8H15ClN4/c9-7(6-10)5-8(11)13-3-1-12-2-4-13/h5-6,12H,1-4,10-11H2/b7-6+,8-5+. The van der Waals surface area contributed by atoms with Crippen molar-refractivity contribution in [3.8, 4) is 0 Å². The molecule has 0 aliphatic carbocycles. The maximum absolute atomic E-state index is 5.80. The maximum atomic E-state index is 5.80. The van der Waals surface area contributed by atoms with E-state index in [0.29, 0.717) is 10.9 Å². The Labute approximate surface area is 83.2 Å². The minimum absolute atomic E-state index is 0.469. The van der Waals surface area contributed by atoms with E-state index in [4.69, 9.17) is 23.1 Å². The van der Waals surface area contributed by atoms with Crippen molar-refractivity contribution >= 4 is 11.6 Å². The van der Waals surface area contributed by atoms with Crippen LogP contribution in [-0.2, 0) is 0 Å². The normalized spacial score (nSPS) is 20.5. The smallest absolute Gasteiger partial charge is 0.100 e. The van der Waals surface area contributed by atoms with E-state index in [-0.39, 0.29) is 0 Å². The van der Waals surface area contributed by atoms with E-state index in [2.05, 4.69) is 10.2 Å². The molecule has 0 spiro atoms. The Kier molecular flexibility index (Phi) is 3.92. The monoisotopic (exact) mass is 202 g/mol. The number of piperazine rings is 1. The van der Waals surface area contributed by atoms with Gasteiger partial charge in [-0.05, 0) is 6.08 Å². The van der Waals surface area contributed by atoms with Crippen molar-refractivity contribution in [2.75, 3.05) is 26.2 Å². The molecule has 0 amide bonds. The number of hydrogen-bond acceptors (Lipinski definition) is 4. The first-order chi connectivity index (χ1) is 6.24. The Morgan fingerprint density at radius 3 is 2.54 bits per heavy atom. The Bertz CT molecular complexity index is 218. The summed E-state index contributed by atoms with van der Waals surface area (Å²) >= 11 is 5.72. The van der Waals surface area contributed by atoms with Gasteiger partial charge in [0.25, 0.3) is 0 Å². The van der Waals surface area contributed by atoms with E-state index < -0.39 is 0 Å². The Hall–Kier alpha value is -0.870. The largest absolute Gasteiger partial charge is 0.403 e. The number of nitrogens with zero attached hydrogens (tertiary/aromatic N) is 1. The molecule has 0 saturated carbocycles. The fraction of sp³-hybridized carbons (Fsp3) is 0.500. The van der Waals surface area contributed by atoms with Gasteiger partial charge in [0.1, 0.15) is 5.82 Å². The molecular formula is C8H15ClN4. The molecule has 0 atom stereocenters. The van der Waals surface area contributed by atoms with Crippen LogP contribution in [0, 0.1) is 0 Å². The van der Waals surface area contributed by atoms with Gasteiger partial charge in [0.2, 0.25) is 0 Å².